The van der Waals surface area contributed by atoms with E-state index in [4.69, 9.17) is 4.74 Å². The van der Waals surface area contributed by atoms with Crippen LogP contribution in [0.15, 0.2) is 59.7 Å². The highest BCUT2D eigenvalue weighted by molar-refractivity contribution is 5.62. The second-order valence-electron chi connectivity index (χ2n) is 6.31. The van der Waals surface area contributed by atoms with E-state index in [1.165, 1.54) is 11.6 Å². The topological polar surface area (TPSA) is 71.1 Å². The van der Waals surface area contributed by atoms with E-state index in [-0.39, 0.29) is 5.56 Å². The Balaban J connectivity index is 1.57. The van der Waals surface area contributed by atoms with Crippen molar-refractivity contribution in [3.8, 4) is 22.6 Å². The first-order valence-corrected chi connectivity index (χ1v) is 8.69. The van der Waals surface area contributed by atoms with Gasteiger partial charge in [-0.15, -0.1) is 0 Å². The van der Waals surface area contributed by atoms with E-state index in [2.05, 4.69) is 32.0 Å². The summed E-state index contributed by atoms with van der Waals surface area (Å²) < 4.78 is 5.39. The predicted molar refractivity (Wildman–Crippen MR) is 99.6 cm³/mol. The molecule has 4 rings (SSSR count). The van der Waals surface area contributed by atoms with Crippen LogP contribution >= 0.6 is 0 Å². The molecule has 6 nitrogen and oxygen atoms in total. The van der Waals surface area contributed by atoms with Crippen molar-refractivity contribution in [3.05, 3.63) is 70.8 Å². The largest absolute Gasteiger partial charge is 0.379 e. The van der Waals surface area contributed by atoms with Gasteiger partial charge < -0.3 is 9.72 Å². The highest BCUT2D eigenvalue weighted by atomic mass is 16.5. The number of hydrogen-bond donors (Lipinski definition) is 1. The lowest BCUT2D eigenvalue weighted by molar-refractivity contribution is 0.0342. The van der Waals surface area contributed by atoms with Gasteiger partial charge in [0.25, 0.3) is 5.56 Å². The molecule has 0 atom stereocenters. The Hall–Kier alpha value is -2.83. The van der Waals surface area contributed by atoms with Crippen molar-refractivity contribution in [1.82, 2.24) is 19.9 Å². The molecule has 2 aromatic heterocycles. The maximum absolute atomic E-state index is 12.1. The number of rotatable bonds is 4. The second-order valence-corrected chi connectivity index (χ2v) is 6.31. The number of nitrogens with one attached hydrogen (secondary N) is 1. The summed E-state index contributed by atoms with van der Waals surface area (Å²) in [5.74, 6) is 0.564. The summed E-state index contributed by atoms with van der Waals surface area (Å²) >= 11 is 0. The fraction of sp³-hybridized carbons (Fsp3) is 0.250. The molecule has 0 radical (unpaired) electrons. The van der Waals surface area contributed by atoms with Gasteiger partial charge in [0.1, 0.15) is 5.82 Å². The molecule has 1 fully saturated rings. The third kappa shape index (κ3) is 3.87. The fourth-order valence-corrected chi connectivity index (χ4v) is 3.04. The Kier molecular flexibility index (Phi) is 4.86. The van der Waals surface area contributed by atoms with E-state index in [1.807, 2.05) is 24.3 Å². The molecule has 26 heavy (non-hydrogen) atoms. The highest BCUT2D eigenvalue weighted by Gasteiger charge is 2.11. The number of H-pyrrole nitrogens is 1. The minimum absolute atomic E-state index is 0.175. The zero-order valence-corrected chi connectivity index (χ0v) is 14.4. The zero-order chi connectivity index (χ0) is 17.8. The van der Waals surface area contributed by atoms with Gasteiger partial charge in [-0.1, -0.05) is 24.3 Å². The van der Waals surface area contributed by atoms with Crippen molar-refractivity contribution in [3.63, 3.8) is 0 Å². The predicted octanol–water partition coefficient (Wildman–Crippen LogP) is 2.33. The lowest BCUT2D eigenvalue weighted by Gasteiger charge is -2.26. The number of aromatic nitrogens is 3. The lowest BCUT2D eigenvalue weighted by Crippen LogP contribution is -2.35. The molecule has 132 valence electrons. The molecule has 1 saturated heterocycles. The number of benzene rings is 1. The zero-order valence-electron chi connectivity index (χ0n) is 14.4. The van der Waals surface area contributed by atoms with E-state index >= 15 is 0 Å². The van der Waals surface area contributed by atoms with E-state index in [0.29, 0.717) is 11.5 Å². The van der Waals surface area contributed by atoms with Crippen molar-refractivity contribution >= 4 is 0 Å². The minimum atomic E-state index is -0.175. The summed E-state index contributed by atoms with van der Waals surface area (Å²) in [7, 11) is 0. The number of aromatic amines is 1. The Morgan fingerprint density at radius 2 is 1.88 bits per heavy atom. The molecule has 0 saturated carbocycles. The van der Waals surface area contributed by atoms with Gasteiger partial charge in [-0.2, -0.15) is 0 Å². The SMILES string of the molecule is O=c1cc(-c2cccnc2)nc(-c2ccc(CN3CCOCC3)cc2)[nH]1. The van der Waals surface area contributed by atoms with Crippen LogP contribution in [-0.2, 0) is 11.3 Å². The maximum Gasteiger partial charge on any atom is 0.251 e. The summed E-state index contributed by atoms with van der Waals surface area (Å²) in [6, 6.07) is 13.4. The first-order valence-electron chi connectivity index (χ1n) is 8.69. The molecule has 1 aliphatic rings. The molecule has 0 aliphatic carbocycles. The molecule has 0 unspecified atom stereocenters. The van der Waals surface area contributed by atoms with Gasteiger partial charge in [0.2, 0.25) is 0 Å². The lowest BCUT2D eigenvalue weighted by atomic mass is 10.1. The van der Waals surface area contributed by atoms with Gasteiger partial charge in [-0.25, -0.2) is 4.98 Å². The Morgan fingerprint density at radius 1 is 1.08 bits per heavy atom. The van der Waals surface area contributed by atoms with Gasteiger partial charge in [0, 0.05) is 49.2 Å². The summed E-state index contributed by atoms with van der Waals surface area (Å²) in [4.78, 5) is 25.9. The molecule has 0 bridgehead atoms. The molecular formula is C20H20N4O2. The van der Waals surface area contributed by atoms with Crippen molar-refractivity contribution < 1.29 is 4.74 Å². The van der Waals surface area contributed by atoms with Crippen LogP contribution in [0.4, 0.5) is 0 Å². The normalized spacial score (nSPS) is 15.1. The van der Waals surface area contributed by atoms with E-state index in [9.17, 15) is 4.79 Å². The van der Waals surface area contributed by atoms with Crippen LogP contribution in [0.5, 0.6) is 0 Å². The van der Waals surface area contributed by atoms with E-state index in [0.717, 1.165) is 44.0 Å². The highest BCUT2D eigenvalue weighted by Crippen LogP contribution is 2.20. The number of morpholine rings is 1. The van der Waals surface area contributed by atoms with Gasteiger partial charge >= 0.3 is 0 Å². The molecule has 3 aromatic rings. The van der Waals surface area contributed by atoms with Crippen molar-refractivity contribution in [1.29, 1.82) is 0 Å². The Morgan fingerprint density at radius 3 is 2.62 bits per heavy atom. The third-order valence-electron chi connectivity index (χ3n) is 4.44. The molecule has 3 heterocycles. The second kappa shape index (κ2) is 7.59. The van der Waals surface area contributed by atoms with E-state index < -0.39 is 0 Å². The van der Waals surface area contributed by atoms with Crippen LogP contribution in [0, 0.1) is 0 Å². The number of ether oxygens (including phenoxy) is 1. The first-order chi connectivity index (χ1) is 12.8. The molecule has 1 N–H and O–H groups in total. The summed E-state index contributed by atoms with van der Waals surface area (Å²) in [5.41, 5.74) is 3.39. The minimum Gasteiger partial charge on any atom is -0.379 e. The monoisotopic (exact) mass is 348 g/mol. The third-order valence-corrected chi connectivity index (χ3v) is 4.44. The smallest absolute Gasteiger partial charge is 0.251 e. The maximum atomic E-state index is 12.1. The summed E-state index contributed by atoms with van der Waals surface area (Å²) in [6.45, 7) is 4.42. The first kappa shape index (κ1) is 16.6. The van der Waals surface area contributed by atoms with Gasteiger partial charge in [0.05, 0.1) is 18.9 Å². The summed E-state index contributed by atoms with van der Waals surface area (Å²) in [5, 5.41) is 0. The van der Waals surface area contributed by atoms with Crippen LogP contribution < -0.4 is 5.56 Å². The van der Waals surface area contributed by atoms with Crippen LogP contribution in [0.1, 0.15) is 5.56 Å². The number of hydrogen-bond acceptors (Lipinski definition) is 5. The van der Waals surface area contributed by atoms with Crippen molar-refractivity contribution in [2.75, 3.05) is 26.3 Å². The van der Waals surface area contributed by atoms with Gasteiger partial charge in [-0.3, -0.25) is 14.7 Å². The quantitative estimate of drug-likeness (QED) is 0.783. The van der Waals surface area contributed by atoms with Crippen LogP contribution in [0.2, 0.25) is 0 Å². The van der Waals surface area contributed by atoms with Crippen LogP contribution in [-0.4, -0.2) is 46.2 Å². The number of nitrogens with zero attached hydrogens (tertiary/aromatic N) is 3. The van der Waals surface area contributed by atoms with E-state index in [1.54, 1.807) is 12.4 Å². The number of pyridine rings is 1. The molecule has 0 spiro atoms. The average molecular weight is 348 g/mol. The van der Waals surface area contributed by atoms with Gasteiger partial charge in [0.15, 0.2) is 0 Å². The Labute approximate surface area is 151 Å². The molecule has 1 aromatic carbocycles. The van der Waals surface area contributed by atoms with Gasteiger partial charge in [-0.05, 0) is 17.7 Å². The molecule has 0 amide bonds. The average Bonchev–Trinajstić information content (AvgIpc) is 2.70. The molecule has 1 aliphatic heterocycles. The standard InChI is InChI=1S/C20H20N4O2/c25-19-12-18(17-2-1-7-21-13-17)22-20(23-19)16-5-3-15(4-6-16)14-24-8-10-26-11-9-24/h1-7,12-13H,8-11,14H2,(H,22,23,25). The molecule has 6 heteroatoms. The van der Waals surface area contributed by atoms with Crippen LogP contribution in [0.25, 0.3) is 22.6 Å². The van der Waals surface area contributed by atoms with Crippen LogP contribution in [0.3, 0.4) is 0 Å². The van der Waals surface area contributed by atoms with Crippen molar-refractivity contribution in [2.24, 2.45) is 0 Å². The Bertz CT molecular complexity index is 917. The molecular weight excluding hydrogens is 328 g/mol. The summed E-state index contributed by atoms with van der Waals surface area (Å²) in [6.07, 6.45) is 3.40. The fourth-order valence-electron chi connectivity index (χ4n) is 3.04. The van der Waals surface area contributed by atoms with Crippen molar-refractivity contribution in [2.45, 2.75) is 6.54 Å².